The van der Waals surface area contributed by atoms with Gasteiger partial charge in [0.2, 0.25) is 5.91 Å². The van der Waals surface area contributed by atoms with Gasteiger partial charge in [0.25, 0.3) is 0 Å². The predicted molar refractivity (Wildman–Crippen MR) is 43.3 cm³/mol. The van der Waals surface area contributed by atoms with E-state index in [-0.39, 0.29) is 0 Å². The molecule has 1 amide bonds. The van der Waals surface area contributed by atoms with E-state index in [1.807, 2.05) is 0 Å². The fourth-order valence-corrected chi connectivity index (χ4v) is 0.567. The lowest BCUT2D eigenvalue weighted by molar-refractivity contribution is -0.139. The van der Waals surface area contributed by atoms with Crippen molar-refractivity contribution in [2.45, 2.75) is 26.3 Å². The van der Waals surface area contributed by atoms with Crippen LogP contribution in [0.25, 0.3) is 0 Å². The van der Waals surface area contributed by atoms with Crippen LogP contribution in [0.15, 0.2) is 0 Å². The van der Waals surface area contributed by atoms with Crippen molar-refractivity contribution in [1.29, 1.82) is 0 Å². The average Bonchev–Trinajstić information content (AvgIpc) is 1.96. The third-order valence-electron chi connectivity index (χ3n) is 1.02. The number of amides is 1. The minimum absolute atomic E-state index is 0.396. The Labute approximate surface area is 71.0 Å². The van der Waals surface area contributed by atoms with E-state index in [1.165, 1.54) is 6.92 Å². The minimum atomic E-state index is -1.13. The van der Waals surface area contributed by atoms with Gasteiger partial charge in [0.15, 0.2) is 6.04 Å². The normalized spacial score (nSPS) is 10.8. The molecule has 0 aromatic rings. The highest BCUT2D eigenvalue weighted by Gasteiger charge is 2.14. The molecule has 0 rings (SSSR count). The van der Waals surface area contributed by atoms with Gasteiger partial charge in [-0.1, -0.05) is 12.8 Å². The van der Waals surface area contributed by atoms with E-state index in [2.05, 4.69) is 17.2 Å². The summed E-state index contributed by atoms with van der Waals surface area (Å²) in [6, 6.07) is -1.08. The number of aliphatic carboxylic acids is 1. The van der Waals surface area contributed by atoms with Crippen LogP contribution in [0.3, 0.4) is 0 Å². The molecule has 12 heavy (non-hydrogen) atoms. The van der Waals surface area contributed by atoms with Crippen LogP contribution < -0.4 is 5.32 Å². The van der Waals surface area contributed by atoms with Crippen LogP contribution in [-0.4, -0.2) is 23.0 Å². The number of carboxylic acid groups (broad SMARTS) is 1. The van der Waals surface area contributed by atoms with Gasteiger partial charge in [0.05, 0.1) is 0 Å². The van der Waals surface area contributed by atoms with Gasteiger partial charge in [-0.05, 0) is 0 Å². The highest BCUT2D eigenvalue weighted by molar-refractivity contribution is 5.84. The molecule has 0 bridgehead atoms. The number of carbonyl (C=O) groups is 2. The Morgan fingerprint density at radius 3 is 2.50 bits per heavy atom. The van der Waals surface area contributed by atoms with Crippen molar-refractivity contribution in [2.75, 3.05) is 0 Å². The lowest BCUT2D eigenvalue weighted by Crippen LogP contribution is -2.38. The molecule has 0 heterocycles. The standard InChI is InChI=1S/C8H11NO3/c1-3-4-5-7(8(11)12)9-6(2)10/h7H,3H2,1-2H3,(H,9,10)(H,11,12)/t7-/m1/s1. The topological polar surface area (TPSA) is 66.4 Å². The molecule has 4 nitrogen and oxygen atoms in total. The molecule has 0 spiro atoms. The SMILES string of the molecule is CCC#C[C@@H](NC(C)=O)C(=O)O. The number of nitrogens with one attached hydrogen (secondary N) is 1. The van der Waals surface area contributed by atoms with Crippen molar-refractivity contribution in [1.82, 2.24) is 5.32 Å². The van der Waals surface area contributed by atoms with Crippen LogP contribution in [0.2, 0.25) is 0 Å². The highest BCUT2D eigenvalue weighted by Crippen LogP contribution is 1.82. The van der Waals surface area contributed by atoms with Crippen LogP contribution in [0.1, 0.15) is 20.3 Å². The fraction of sp³-hybridized carbons (Fsp3) is 0.500. The minimum Gasteiger partial charge on any atom is -0.479 e. The van der Waals surface area contributed by atoms with E-state index in [4.69, 9.17) is 5.11 Å². The quantitative estimate of drug-likeness (QED) is 0.571. The first-order chi connectivity index (χ1) is 5.57. The Kier molecular flexibility index (Phi) is 4.54. The third kappa shape index (κ3) is 4.34. The molecule has 0 unspecified atom stereocenters. The van der Waals surface area contributed by atoms with E-state index in [0.29, 0.717) is 6.42 Å². The number of hydrogen-bond acceptors (Lipinski definition) is 2. The zero-order valence-electron chi connectivity index (χ0n) is 7.05. The maximum absolute atomic E-state index is 10.5. The second-order valence-corrected chi connectivity index (χ2v) is 2.15. The molecule has 0 saturated heterocycles. The molecular weight excluding hydrogens is 158 g/mol. The molecule has 0 aliphatic carbocycles. The molecule has 0 aliphatic rings. The van der Waals surface area contributed by atoms with Gasteiger partial charge < -0.3 is 10.4 Å². The summed E-state index contributed by atoms with van der Waals surface area (Å²) in [5.41, 5.74) is 0. The molecular formula is C8H11NO3. The Hall–Kier alpha value is -1.50. The molecule has 0 radical (unpaired) electrons. The van der Waals surface area contributed by atoms with Crippen LogP contribution in [-0.2, 0) is 9.59 Å². The van der Waals surface area contributed by atoms with Gasteiger partial charge in [0, 0.05) is 13.3 Å². The predicted octanol–water partition coefficient (Wildman–Crippen LogP) is -0.0109. The van der Waals surface area contributed by atoms with E-state index >= 15 is 0 Å². The van der Waals surface area contributed by atoms with Gasteiger partial charge in [-0.25, -0.2) is 4.79 Å². The number of carboxylic acids is 1. The average molecular weight is 169 g/mol. The first-order valence-corrected chi connectivity index (χ1v) is 3.56. The van der Waals surface area contributed by atoms with Crippen LogP contribution in [0.4, 0.5) is 0 Å². The molecule has 0 saturated carbocycles. The molecule has 0 aliphatic heterocycles. The summed E-state index contributed by atoms with van der Waals surface area (Å²) < 4.78 is 0. The summed E-state index contributed by atoms with van der Waals surface area (Å²) in [6.45, 7) is 3.06. The zero-order valence-corrected chi connectivity index (χ0v) is 7.05. The molecule has 2 N–H and O–H groups in total. The second-order valence-electron chi connectivity index (χ2n) is 2.15. The molecule has 0 aromatic heterocycles. The van der Waals surface area contributed by atoms with Gasteiger partial charge in [-0.3, -0.25) is 4.79 Å². The summed E-state index contributed by atoms with van der Waals surface area (Å²) in [4.78, 5) is 20.9. The third-order valence-corrected chi connectivity index (χ3v) is 1.02. The Morgan fingerprint density at radius 1 is 1.58 bits per heavy atom. The fourth-order valence-electron chi connectivity index (χ4n) is 0.567. The van der Waals surface area contributed by atoms with Crippen molar-refractivity contribution in [3.05, 3.63) is 0 Å². The van der Waals surface area contributed by atoms with Crippen LogP contribution in [0.5, 0.6) is 0 Å². The molecule has 0 aromatic carbocycles. The first kappa shape index (κ1) is 10.5. The summed E-state index contributed by atoms with van der Waals surface area (Å²) in [5.74, 6) is 3.48. The van der Waals surface area contributed by atoms with Crippen molar-refractivity contribution in [3.8, 4) is 11.8 Å². The lowest BCUT2D eigenvalue weighted by atomic mass is 10.3. The Balaban J connectivity index is 4.24. The number of hydrogen-bond donors (Lipinski definition) is 2. The van der Waals surface area contributed by atoms with E-state index in [1.54, 1.807) is 6.92 Å². The highest BCUT2D eigenvalue weighted by atomic mass is 16.4. The zero-order chi connectivity index (χ0) is 9.56. The van der Waals surface area contributed by atoms with Crippen molar-refractivity contribution in [2.24, 2.45) is 0 Å². The van der Waals surface area contributed by atoms with E-state index < -0.39 is 17.9 Å². The van der Waals surface area contributed by atoms with E-state index in [9.17, 15) is 9.59 Å². The van der Waals surface area contributed by atoms with Crippen molar-refractivity contribution in [3.63, 3.8) is 0 Å². The molecule has 0 fully saturated rings. The monoisotopic (exact) mass is 169 g/mol. The van der Waals surface area contributed by atoms with Crippen LogP contribution in [0, 0.1) is 11.8 Å². The Bertz CT molecular complexity index is 236. The second kappa shape index (κ2) is 5.19. The van der Waals surface area contributed by atoms with Gasteiger partial charge in [-0.15, -0.1) is 5.92 Å². The van der Waals surface area contributed by atoms with E-state index in [0.717, 1.165) is 0 Å². The first-order valence-electron chi connectivity index (χ1n) is 3.56. The molecule has 4 heteroatoms. The van der Waals surface area contributed by atoms with Gasteiger partial charge in [-0.2, -0.15) is 0 Å². The maximum atomic E-state index is 10.5. The lowest BCUT2D eigenvalue weighted by Gasteiger charge is -2.04. The van der Waals surface area contributed by atoms with Crippen LogP contribution >= 0.6 is 0 Å². The summed E-state index contributed by atoms with van der Waals surface area (Å²) >= 11 is 0. The summed E-state index contributed by atoms with van der Waals surface area (Å²) in [5, 5.41) is 10.7. The molecule has 1 atom stereocenters. The summed E-state index contributed by atoms with van der Waals surface area (Å²) in [7, 11) is 0. The van der Waals surface area contributed by atoms with Crippen molar-refractivity contribution < 1.29 is 14.7 Å². The smallest absolute Gasteiger partial charge is 0.338 e. The number of rotatable bonds is 2. The van der Waals surface area contributed by atoms with Gasteiger partial charge in [0.1, 0.15) is 0 Å². The number of carbonyl (C=O) groups excluding carboxylic acids is 1. The molecule has 66 valence electrons. The van der Waals surface area contributed by atoms with Gasteiger partial charge >= 0.3 is 5.97 Å². The largest absolute Gasteiger partial charge is 0.479 e. The Morgan fingerprint density at radius 2 is 2.17 bits per heavy atom. The summed E-state index contributed by atoms with van der Waals surface area (Å²) in [6.07, 6.45) is 0.573. The van der Waals surface area contributed by atoms with Crippen molar-refractivity contribution >= 4 is 11.9 Å². The maximum Gasteiger partial charge on any atom is 0.338 e.